The van der Waals surface area contributed by atoms with Gasteiger partial charge < -0.3 is 26.2 Å². The van der Waals surface area contributed by atoms with E-state index in [0.29, 0.717) is 25.7 Å². The second-order valence-corrected chi connectivity index (χ2v) is 7.16. The van der Waals surface area contributed by atoms with Gasteiger partial charge in [0.25, 0.3) is 0 Å². The molecule has 0 aliphatic heterocycles. The summed E-state index contributed by atoms with van der Waals surface area (Å²) in [6, 6.07) is -0.286. The van der Waals surface area contributed by atoms with Crippen LogP contribution in [0.4, 0.5) is 13.2 Å². The Labute approximate surface area is 138 Å². The molecule has 24 heavy (non-hydrogen) atoms. The predicted molar refractivity (Wildman–Crippen MR) is 81.0 cm³/mol. The van der Waals surface area contributed by atoms with E-state index in [1.165, 1.54) is 0 Å². The summed E-state index contributed by atoms with van der Waals surface area (Å²) >= 11 is 0. The highest BCUT2D eigenvalue weighted by Gasteiger charge is 2.58. The molecule has 138 valence electrons. The Morgan fingerprint density at radius 1 is 1.33 bits per heavy atom. The maximum Gasteiger partial charge on any atom is 0.451 e. The van der Waals surface area contributed by atoms with Gasteiger partial charge in [0.05, 0.1) is 6.54 Å². The average Bonchev–Trinajstić information content (AvgIpc) is 2.92. The van der Waals surface area contributed by atoms with Crippen LogP contribution in [0.3, 0.4) is 0 Å². The van der Waals surface area contributed by atoms with E-state index in [2.05, 4.69) is 5.32 Å². The molecule has 2 aliphatic carbocycles. The zero-order chi connectivity index (χ0) is 18.1. The van der Waals surface area contributed by atoms with Crippen LogP contribution in [0, 0.1) is 17.8 Å². The smallest absolute Gasteiger partial charge is 0.451 e. The van der Waals surface area contributed by atoms with Crippen LogP contribution >= 0.6 is 0 Å². The first-order chi connectivity index (χ1) is 11.0. The van der Waals surface area contributed by atoms with Crippen LogP contribution in [0.5, 0.6) is 0 Å². The minimum Gasteiger partial charge on any atom is -0.480 e. The first-order valence-corrected chi connectivity index (χ1v) is 8.21. The Morgan fingerprint density at radius 2 is 2.00 bits per heavy atom. The zero-order valence-electron chi connectivity index (χ0n) is 13.3. The minimum absolute atomic E-state index is 0.0131. The van der Waals surface area contributed by atoms with Gasteiger partial charge in [0.15, 0.2) is 0 Å². The Balaban J connectivity index is 2.00. The molecular weight excluding hydrogens is 328 g/mol. The molecule has 10 heteroatoms. The molecule has 0 aromatic heterocycles. The van der Waals surface area contributed by atoms with Crippen LogP contribution in [0.25, 0.3) is 0 Å². The van der Waals surface area contributed by atoms with E-state index in [4.69, 9.17) is 15.8 Å². The fourth-order valence-corrected chi connectivity index (χ4v) is 4.52. The summed E-state index contributed by atoms with van der Waals surface area (Å²) < 4.78 is 37.0. The molecule has 2 aliphatic rings. The van der Waals surface area contributed by atoms with Gasteiger partial charge in [-0.05, 0) is 49.8 Å². The molecule has 2 fully saturated rings. The summed E-state index contributed by atoms with van der Waals surface area (Å²) in [5.74, 6) is -1.52. The van der Waals surface area contributed by atoms with Crippen molar-refractivity contribution >= 4 is 13.1 Å². The van der Waals surface area contributed by atoms with Crippen molar-refractivity contribution < 1.29 is 33.1 Å². The second-order valence-electron chi connectivity index (χ2n) is 7.16. The topological polar surface area (TPSA) is 116 Å². The molecule has 0 saturated heterocycles. The van der Waals surface area contributed by atoms with Gasteiger partial charge in [0, 0.05) is 6.04 Å². The van der Waals surface area contributed by atoms with Crippen molar-refractivity contribution in [3.8, 4) is 0 Å². The average molecular weight is 352 g/mol. The molecule has 0 heterocycles. The van der Waals surface area contributed by atoms with Gasteiger partial charge in [-0.3, -0.25) is 4.79 Å². The van der Waals surface area contributed by atoms with Crippen LogP contribution < -0.4 is 11.1 Å². The molecule has 2 rings (SSSR count). The lowest BCUT2D eigenvalue weighted by atomic mass is 9.75. The van der Waals surface area contributed by atoms with E-state index in [-0.39, 0.29) is 36.5 Å². The number of halogens is 3. The van der Waals surface area contributed by atoms with Gasteiger partial charge in [0.1, 0.15) is 5.54 Å². The quantitative estimate of drug-likeness (QED) is 0.428. The predicted octanol–water partition coefficient (Wildman–Crippen LogP) is 0.588. The zero-order valence-corrected chi connectivity index (χ0v) is 13.3. The third-order valence-electron chi connectivity index (χ3n) is 5.49. The number of carboxylic acids is 1. The number of hydrogen-bond donors (Lipinski definition) is 5. The normalized spacial score (nSPS) is 35.9. The van der Waals surface area contributed by atoms with E-state index >= 15 is 0 Å². The molecule has 0 amide bonds. The SMILES string of the molecule is NC1(C(=O)O)CC2CC(NCC(F)(F)F)CC2C1CCCB(O)O. The van der Waals surface area contributed by atoms with Gasteiger partial charge in [-0.25, -0.2) is 0 Å². The van der Waals surface area contributed by atoms with Crippen molar-refractivity contribution in [2.75, 3.05) is 6.54 Å². The van der Waals surface area contributed by atoms with Gasteiger partial charge in [-0.2, -0.15) is 13.2 Å². The molecular formula is C14H24BF3N2O4. The minimum atomic E-state index is -4.27. The van der Waals surface area contributed by atoms with E-state index in [1.54, 1.807) is 0 Å². The molecule has 0 aromatic carbocycles. The van der Waals surface area contributed by atoms with E-state index in [0.717, 1.165) is 0 Å². The fourth-order valence-electron chi connectivity index (χ4n) is 4.52. The summed E-state index contributed by atoms with van der Waals surface area (Å²) in [5.41, 5.74) is 4.73. The Hall–Kier alpha value is -0.835. The maximum absolute atomic E-state index is 12.3. The summed E-state index contributed by atoms with van der Waals surface area (Å²) in [4.78, 5) is 11.6. The Bertz CT molecular complexity index is 466. The molecule has 0 bridgehead atoms. The van der Waals surface area contributed by atoms with Crippen molar-refractivity contribution in [3.05, 3.63) is 0 Å². The lowest BCUT2D eigenvalue weighted by Crippen LogP contribution is -2.52. The maximum atomic E-state index is 12.3. The van der Waals surface area contributed by atoms with Crippen molar-refractivity contribution in [3.63, 3.8) is 0 Å². The number of rotatable bonds is 7. The lowest BCUT2D eigenvalue weighted by molar-refractivity contribution is -0.145. The van der Waals surface area contributed by atoms with Gasteiger partial charge in [-0.15, -0.1) is 0 Å². The van der Waals surface area contributed by atoms with E-state index in [9.17, 15) is 23.1 Å². The van der Waals surface area contributed by atoms with Crippen LogP contribution in [0.15, 0.2) is 0 Å². The number of carbonyl (C=O) groups is 1. The van der Waals surface area contributed by atoms with Crippen LogP contribution in [-0.2, 0) is 4.79 Å². The monoisotopic (exact) mass is 352 g/mol. The largest absolute Gasteiger partial charge is 0.480 e. The molecule has 0 spiro atoms. The van der Waals surface area contributed by atoms with Crippen molar-refractivity contribution in [2.45, 2.75) is 56.2 Å². The van der Waals surface area contributed by atoms with E-state index in [1.807, 2.05) is 0 Å². The summed E-state index contributed by atoms with van der Waals surface area (Å²) in [7, 11) is -1.45. The number of alkyl halides is 3. The number of hydrogen-bond acceptors (Lipinski definition) is 5. The first-order valence-electron chi connectivity index (χ1n) is 8.21. The Morgan fingerprint density at radius 3 is 2.54 bits per heavy atom. The second kappa shape index (κ2) is 7.19. The van der Waals surface area contributed by atoms with Crippen LogP contribution in [0.1, 0.15) is 32.1 Å². The van der Waals surface area contributed by atoms with Crippen LogP contribution in [-0.4, -0.2) is 52.5 Å². The van der Waals surface area contributed by atoms with Crippen LogP contribution in [0.2, 0.25) is 6.32 Å². The lowest BCUT2D eigenvalue weighted by Gasteiger charge is -2.31. The molecule has 0 aromatic rings. The summed E-state index contributed by atoms with van der Waals surface area (Å²) in [5, 5.41) is 29.9. The molecule has 6 nitrogen and oxygen atoms in total. The summed E-state index contributed by atoms with van der Waals surface area (Å²) in [6.07, 6.45) is -2.09. The number of nitrogens with two attached hydrogens (primary N) is 1. The summed E-state index contributed by atoms with van der Waals surface area (Å²) in [6.45, 7) is -1.05. The third-order valence-corrected chi connectivity index (χ3v) is 5.49. The molecule has 6 N–H and O–H groups in total. The van der Waals surface area contributed by atoms with Crippen molar-refractivity contribution in [1.29, 1.82) is 0 Å². The van der Waals surface area contributed by atoms with Gasteiger partial charge >= 0.3 is 19.3 Å². The Kier molecular flexibility index (Phi) is 5.84. The van der Waals surface area contributed by atoms with Gasteiger partial charge in [-0.1, -0.05) is 6.42 Å². The highest BCUT2D eigenvalue weighted by atomic mass is 19.4. The number of aliphatic carboxylic acids is 1. The van der Waals surface area contributed by atoms with Gasteiger partial charge in [0.2, 0.25) is 0 Å². The van der Waals surface area contributed by atoms with E-state index < -0.39 is 31.3 Å². The number of nitrogens with one attached hydrogen (secondary N) is 1. The fraction of sp³-hybridized carbons (Fsp3) is 0.929. The van der Waals surface area contributed by atoms with Crippen molar-refractivity contribution in [2.24, 2.45) is 23.5 Å². The number of fused-ring (bicyclic) bond motifs is 1. The number of carboxylic acid groups (broad SMARTS) is 1. The molecule has 5 unspecified atom stereocenters. The molecule has 0 radical (unpaired) electrons. The molecule has 2 saturated carbocycles. The van der Waals surface area contributed by atoms with Crippen molar-refractivity contribution in [1.82, 2.24) is 5.32 Å². The highest BCUT2D eigenvalue weighted by Crippen LogP contribution is 2.53. The molecule has 5 atom stereocenters. The first kappa shape index (κ1) is 19.5. The standard InChI is InChI=1S/C14H24BF3N2O4/c16-14(17,18)7-20-9-4-8-6-13(19,12(21)22)11(10(8)5-9)2-1-3-15(23)24/h8-11,20,23-24H,1-7,19H2,(H,21,22). The highest BCUT2D eigenvalue weighted by molar-refractivity contribution is 6.40. The third kappa shape index (κ3) is 4.41.